The summed E-state index contributed by atoms with van der Waals surface area (Å²) in [5.41, 5.74) is 14.6. The minimum absolute atomic E-state index is 0.0289. The smallest absolute Gasteiger partial charge is 0.269 e. The van der Waals surface area contributed by atoms with Gasteiger partial charge in [-0.2, -0.15) is 0 Å². The van der Waals surface area contributed by atoms with Crippen LogP contribution >= 0.6 is 0 Å². The highest BCUT2D eigenvalue weighted by Gasteiger charge is 2.47. The second kappa shape index (κ2) is 17.8. The third-order valence-electron chi connectivity index (χ3n) is 13.1. The molecular formula is C61H42N4O4. The Morgan fingerprint density at radius 1 is 0.304 bits per heavy atom. The molecule has 0 fully saturated rings. The summed E-state index contributed by atoms with van der Waals surface area (Å²) < 4.78 is 0. The highest BCUT2D eigenvalue weighted by Crippen LogP contribution is 2.58. The molecule has 11 rings (SSSR count). The number of para-hydroxylation sites is 4. The fourth-order valence-electron chi connectivity index (χ4n) is 9.95. The van der Waals surface area contributed by atoms with E-state index in [0.29, 0.717) is 0 Å². The van der Waals surface area contributed by atoms with Gasteiger partial charge in [-0.05, 0) is 141 Å². The molecule has 0 spiro atoms. The van der Waals surface area contributed by atoms with E-state index in [0.717, 1.165) is 89.8 Å². The lowest BCUT2D eigenvalue weighted by atomic mass is 9.67. The van der Waals surface area contributed by atoms with Crippen molar-refractivity contribution in [3.8, 4) is 33.4 Å². The molecule has 0 amide bonds. The highest BCUT2D eigenvalue weighted by molar-refractivity contribution is 5.91. The maximum Gasteiger partial charge on any atom is 0.269 e. The first-order valence-corrected chi connectivity index (χ1v) is 22.7. The normalized spacial score (nSPS) is 12.1. The van der Waals surface area contributed by atoms with E-state index in [9.17, 15) is 20.2 Å². The van der Waals surface area contributed by atoms with Crippen molar-refractivity contribution in [1.29, 1.82) is 0 Å². The van der Waals surface area contributed by atoms with Gasteiger partial charge in [-0.3, -0.25) is 20.2 Å². The third-order valence-corrected chi connectivity index (χ3v) is 13.1. The van der Waals surface area contributed by atoms with Gasteiger partial charge in [0.25, 0.3) is 11.4 Å². The van der Waals surface area contributed by atoms with Gasteiger partial charge in [-0.1, -0.05) is 146 Å². The zero-order valence-electron chi connectivity index (χ0n) is 37.2. The molecular weight excluding hydrogens is 853 g/mol. The predicted molar refractivity (Wildman–Crippen MR) is 277 cm³/mol. The van der Waals surface area contributed by atoms with Crippen molar-refractivity contribution in [1.82, 2.24) is 0 Å². The molecule has 0 N–H and O–H groups in total. The number of hydrogen-bond acceptors (Lipinski definition) is 6. The molecule has 0 heterocycles. The monoisotopic (exact) mass is 894 g/mol. The van der Waals surface area contributed by atoms with E-state index in [2.05, 4.69) is 143 Å². The van der Waals surface area contributed by atoms with Gasteiger partial charge in [-0.15, -0.1) is 0 Å². The lowest BCUT2D eigenvalue weighted by molar-refractivity contribution is -0.385. The van der Waals surface area contributed by atoms with Crippen LogP contribution in [0.25, 0.3) is 33.4 Å². The number of benzene rings is 10. The Morgan fingerprint density at radius 3 is 0.870 bits per heavy atom. The zero-order chi connectivity index (χ0) is 46.9. The van der Waals surface area contributed by atoms with Crippen molar-refractivity contribution >= 4 is 45.5 Å². The Morgan fingerprint density at radius 2 is 0.580 bits per heavy atom. The van der Waals surface area contributed by atoms with Crippen LogP contribution in [0.15, 0.2) is 255 Å². The van der Waals surface area contributed by atoms with Crippen molar-refractivity contribution < 1.29 is 9.85 Å². The van der Waals surface area contributed by atoms with Crippen LogP contribution in [0.4, 0.5) is 45.5 Å². The van der Waals surface area contributed by atoms with Gasteiger partial charge in [-0.25, -0.2) is 0 Å². The maximum absolute atomic E-state index is 12.1. The van der Waals surface area contributed by atoms with Crippen LogP contribution in [-0.2, 0) is 5.41 Å². The van der Waals surface area contributed by atoms with Crippen LogP contribution in [0.1, 0.15) is 22.3 Å². The van der Waals surface area contributed by atoms with Gasteiger partial charge in [0.15, 0.2) is 0 Å². The molecule has 10 aromatic carbocycles. The van der Waals surface area contributed by atoms with Gasteiger partial charge >= 0.3 is 0 Å². The number of rotatable bonds is 12. The molecule has 0 aliphatic heterocycles. The summed E-state index contributed by atoms with van der Waals surface area (Å²) in [6, 6.07) is 84.7. The Hall–Kier alpha value is -9.40. The van der Waals surface area contributed by atoms with Crippen molar-refractivity contribution in [2.75, 3.05) is 9.80 Å². The summed E-state index contributed by atoms with van der Waals surface area (Å²) in [7, 11) is 0. The summed E-state index contributed by atoms with van der Waals surface area (Å²) in [5.74, 6) is 0. The average molecular weight is 895 g/mol. The van der Waals surface area contributed by atoms with E-state index in [4.69, 9.17) is 0 Å². The van der Waals surface area contributed by atoms with E-state index in [1.807, 2.05) is 97.1 Å². The number of anilines is 6. The molecule has 0 bridgehead atoms. The molecule has 10 aromatic rings. The largest absolute Gasteiger partial charge is 0.311 e. The van der Waals surface area contributed by atoms with Gasteiger partial charge < -0.3 is 9.80 Å². The quantitative estimate of drug-likeness (QED) is 0.0896. The SMILES string of the molecule is O=[N+]([O-])c1ccc(C2(c3ccc([N+](=O)[O-])cc3)c3cc(-c4ccc(N(c5ccccc5)c5ccccc5)cc4)ccc3-c3ccc(-c4ccc(N(c5ccccc5)c5ccccc5)cc4)cc32)cc1. The second-order valence-corrected chi connectivity index (χ2v) is 17.0. The third kappa shape index (κ3) is 7.66. The minimum atomic E-state index is -1.03. The minimum Gasteiger partial charge on any atom is -0.311 e. The topological polar surface area (TPSA) is 92.8 Å². The summed E-state index contributed by atoms with van der Waals surface area (Å²) in [5, 5.41) is 24.1. The Kier molecular flexibility index (Phi) is 10.9. The highest BCUT2D eigenvalue weighted by atomic mass is 16.6. The molecule has 1 aliphatic carbocycles. The molecule has 0 saturated carbocycles. The van der Waals surface area contributed by atoms with Crippen molar-refractivity contribution in [2.45, 2.75) is 5.41 Å². The zero-order valence-corrected chi connectivity index (χ0v) is 37.2. The molecule has 0 radical (unpaired) electrons. The Labute approximate surface area is 399 Å². The molecule has 8 heteroatoms. The van der Waals surface area contributed by atoms with E-state index in [-0.39, 0.29) is 11.4 Å². The van der Waals surface area contributed by atoms with Crippen LogP contribution in [0.5, 0.6) is 0 Å². The Bertz CT molecular complexity index is 3150. The summed E-state index contributed by atoms with van der Waals surface area (Å²) in [6.07, 6.45) is 0. The molecule has 0 unspecified atom stereocenters. The fourth-order valence-corrected chi connectivity index (χ4v) is 9.95. The van der Waals surface area contributed by atoms with Gasteiger partial charge in [0.1, 0.15) is 0 Å². The van der Waals surface area contributed by atoms with Crippen LogP contribution in [0, 0.1) is 20.2 Å². The fraction of sp³-hybridized carbons (Fsp3) is 0.0164. The molecule has 0 atom stereocenters. The number of fused-ring (bicyclic) bond motifs is 3. The number of nitro benzene ring substituents is 2. The van der Waals surface area contributed by atoms with E-state index in [1.54, 1.807) is 24.3 Å². The number of nitrogens with zero attached hydrogens (tertiary/aromatic N) is 4. The van der Waals surface area contributed by atoms with Crippen molar-refractivity contribution in [3.63, 3.8) is 0 Å². The van der Waals surface area contributed by atoms with Gasteiger partial charge in [0, 0.05) is 58.4 Å². The van der Waals surface area contributed by atoms with Gasteiger partial charge in [0.2, 0.25) is 0 Å². The molecule has 0 aromatic heterocycles. The standard InChI is InChI=1S/C61H42N4O4/c66-64(67)55-35-27-47(28-36-55)61(48-29-37-56(38-30-48)65(68)69)59-41-45(43-21-31-53(32-22-43)62(49-13-5-1-6-14-49)50-15-7-2-8-16-50)25-39-57(59)58-40-26-46(42-60(58)61)44-23-33-54(34-24-44)63(51-17-9-3-10-18-51)52-19-11-4-12-20-52/h1-42H. The van der Waals surface area contributed by atoms with E-state index >= 15 is 0 Å². The molecule has 1 aliphatic rings. The summed E-state index contributed by atoms with van der Waals surface area (Å²) in [6.45, 7) is 0. The number of nitro groups is 2. The average Bonchev–Trinajstić information content (AvgIpc) is 3.70. The van der Waals surface area contributed by atoms with Crippen LogP contribution in [0.2, 0.25) is 0 Å². The van der Waals surface area contributed by atoms with Crippen molar-refractivity contribution in [3.05, 3.63) is 297 Å². The molecule has 69 heavy (non-hydrogen) atoms. The van der Waals surface area contributed by atoms with E-state index in [1.165, 1.54) is 0 Å². The summed E-state index contributed by atoms with van der Waals surface area (Å²) >= 11 is 0. The maximum atomic E-state index is 12.1. The van der Waals surface area contributed by atoms with Crippen LogP contribution < -0.4 is 9.80 Å². The second-order valence-electron chi connectivity index (χ2n) is 17.0. The summed E-state index contributed by atoms with van der Waals surface area (Å²) in [4.78, 5) is 27.8. The molecule has 0 saturated heterocycles. The first kappa shape index (κ1) is 42.2. The predicted octanol–water partition coefficient (Wildman–Crippen LogP) is 16.1. The first-order valence-electron chi connectivity index (χ1n) is 22.7. The lowest BCUT2D eigenvalue weighted by Gasteiger charge is -2.34. The van der Waals surface area contributed by atoms with Crippen LogP contribution in [0.3, 0.4) is 0 Å². The number of non-ortho nitro benzene ring substituents is 2. The number of hydrogen-bond donors (Lipinski definition) is 0. The molecule has 8 nitrogen and oxygen atoms in total. The Balaban J connectivity index is 1.07. The van der Waals surface area contributed by atoms with Crippen molar-refractivity contribution in [2.24, 2.45) is 0 Å². The van der Waals surface area contributed by atoms with E-state index < -0.39 is 15.3 Å². The lowest BCUT2D eigenvalue weighted by Crippen LogP contribution is -2.28. The van der Waals surface area contributed by atoms with Crippen LogP contribution in [-0.4, -0.2) is 9.85 Å². The first-order chi connectivity index (χ1) is 33.9. The van der Waals surface area contributed by atoms with Gasteiger partial charge in [0.05, 0.1) is 15.3 Å². The molecule has 330 valence electrons.